The van der Waals surface area contributed by atoms with E-state index in [0.717, 1.165) is 5.56 Å². The highest BCUT2D eigenvalue weighted by molar-refractivity contribution is 6.06. The Kier molecular flexibility index (Phi) is 5.54. The predicted molar refractivity (Wildman–Crippen MR) is 129 cm³/mol. The third kappa shape index (κ3) is 3.81. The van der Waals surface area contributed by atoms with Crippen molar-refractivity contribution in [3.05, 3.63) is 94.7 Å². The summed E-state index contributed by atoms with van der Waals surface area (Å²) in [6.45, 7) is 0.724. The first kappa shape index (κ1) is 22.3. The van der Waals surface area contributed by atoms with Gasteiger partial charge < -0.3 is 21.5 Å². The maximum Gasteiger partial charge on any atom is 0.335 e. The van der Waals surface area contributed by atoms with Crippen LogP contribution in [0, 0.1) is 0 Å². The van der Waals surface area contributed by atoms with Gasteiger partial charge in [-0.05, 0) is 47.9 Å². The van der Waals surface area contributed by atoms with Crippen molar-refractivity contribution in [2.24, 2.45) is 11.5 Å². The van der Waals surface area contributed by atoms with Crippen LogP contribution in [0.5, 0.6) is 0 Å². The molecule has 1 aliphatic rings. The number of carboxylic acid groups (broad SMARTS) is 1. The predicted octanol–water partition coefficient (Wildman–Crippen LogP) is 2.35. The van der Waals surface area contributed by atoms with Crippen molar-refractivity contribution in [3.63, 3.8) is 0 Å². The number of hydrogen-bond acceptors (Lipinski definition) is 5. The number of carbonyl (C=O) groups excluding carboxylic acids is 2. The first-order chi connectivity index (χ1) is 16.9. The van der Waals surface area contributed by atoms with E-state index in [2.05, 4.69) is 11.2 Å². The molecule has 0 radical (unpaired) electrons. The Morgan fingerprint density at radius 2 is 1.71 bits per heavy atom. The third-order valence-electron chi connectivity index (χ3n) is 6.41. The summed E-state index contributed by atoms with van der Waals surface area (Å²) in [6, 6.07) is 19.0. The molecule has 1 aliphatic heterocycles. The summed E-state index contributed by atoms with van der Waals surface area (Å²) in [7, 11) is 0. The maximum absolute atomic E-state index is 13.9. The zero-order valence-corrected chi connectivity index (χ0v) is 18.7. The number of carboxylic acids is 1. The highest BCUT2D eigenvalue weighted by Crippen LogP contribution is 2.29. The molecule has 2 amide bonds. The minimum Gasteiger partial charge on any atom is -0.478 e. The molecule has 1 aromatic heterocycles. The van der Waals surface area contributed by atoms with E-state index in [0.29, 0.717) is 41.7 Å². The second kappa shape index (κ2) is 8.69. The van der Waals surface area contributed by atoms with Crippen LogP contribution < -0.4 is 11.5 Å². The molecule has 0 fully saturated rings. The first-order valence-corrected chi connectivity index (χ1v) is 11.1. The van der Waals surface area contributed by atoms with Crippen LogP contribution in [0.3, 0.4) is 0 Å². The van der Waals surface area contributed by atoms with E-state index in [-0.39, 0.29) is 23.2 Å². The van der Waals surface area contributed by atoms with Crippen LogP contribution >= 0.6 is 0 Å². The molecule has 1 atom stereocenters. The number of amides is 2. The molecular formula is C26H23N5O4. The van der Waals surface area contributed by atoms with E-state index in [1.54, 1.807) is 29.2 Å². The molecule has 5 N–H and O–H groups in total. The lowest BCUT2D eigenvalue weighted by molar-refractivity contribution is 0.0646. The number of para-hydroxylation sites is 1. The highest BCUT2D eigenvalue weighted by atomic mass is 16.4. The summed E-state index contributed by atoms with van der Waals surface area (Å²) in [5.41, 5.74) is 15.0. The van der Waals surface area contributed by atoms with Crippen molar-refractivity contribution < 1.29 is 19.5 Å². The minimum atomic E-state index is -1.12. The van der Waals surface area contributed by atoms with Gasteiger partial charge in [-0.3, -0.25) is 9.59 Å². The number of primary amides is 1. The zero-order valence-electron chi connectivity index (χ0n) is 18.7. The van der Waals surface area contributed by atoms with Crippen LogP contribution in [0.4, 0.5) is 0 Å². The van der Waals surface area contributed by atoms with Crippen LogP contribution in [0.25, 0.3) is 16.6 Å². The molecule has 0 saturated heterocycles. The van der Waals surface area contributed by atoms with Gasteiger partial charge in [-0.1, -0.05) is 36.4 Å². The number of nitrogens with two attached hydrogens (primary N) is 2. The van der Waals surface area contributed by atoms with E-state index in [1.807, 2.05) is 18.2 Å². The van der Waals surface area contributed by atoms with Gasteiger partial charge in [0.1, 0.15) is 0 Å². The summed E-state index contributed by atoms with van der Waals surface area (Å²) in [6.07, 6.45) is 0.652. The summed E-state index contributed by atoms with van der Waals surface area (Å²) in [5.74, 6) is -2.11. The van der Waals surface area contributed by atoms with Gasteiger partial charge in [-0.15, -0.1) is 0 Å². The van der Waals surface area contributed by atoms with Gasteiger partial charge in [-0.25, -0.2) is 9.48 Å². The molecule has 5 rings (SSSR count). The van der Waals surface area contributed by atoms with Gasteiger partial charge in [-0.2, -0.15) is 5.10 Å². The van der Waals surface area contributed by atoms with Gasteiger partial charge in [0.2, 0.25) is 0 Å². The molecular weight excluding hydrogens is 446 g/mol. The highest BCUT2D eigenvalue weighted by Gasteiger charge is 2.31. The summed E-state index contributed by atoms with van der Waals surface area (Å²) < 4.78 is 1.41. The lowest BCUT2D eigenvalue weighted by Gasteiger charge is -2.36. The number of carbonyl (C=O) groups is 3. The van der Waals surface area contributed by atoms with Crippen LogP contribution in [0.1, 0.15) is 42.3 Å². The van der Waals surface area contributed by atoms with Crippen molar-refractivity contribution in [2.75, 3.05) is 6.54 Å². The fraction of sp³-hybridized carbons (Fsp3) is 0.154. The molecule has 0 aliphatic carbocycles. The summed E-state index contributed by atoms with van der Waals surface area (Å²) in [4.78, 5) is 39.3. The Morgan fingerprint density at radius 3 is 2.43 bits per heavy atom. The van der Waals surface area contributed by atoms with E-state index < -0.39 is 11.9 Å². The van der Waals surface area contributed by atoms with E-state index in [4.69, 9.17) is 11.5 Å². The van der Waals surface area contributed by atoms with Crippen molar-refractivity contribution in [2.45, 2.75) is 19.0 Å². The molecule has 3 aromatic carbocycles. The summed E-state index contributed by atoms with van der Waals surface area (Å²) in [5, 5.41) is 14.3. The Balaban J connectivity index is 1.65. The number of rotatable bonds is 5. The Morgan fingerprint density at radius 1 is 1.00 bits per heavy atom. The molecule has 0 unspecified atom stereocenters. The number of benzene rings is 3. The Bertz CT molecular complexity index is 1490. The van der Waals surface area contributed by atoms with Crippen molar-refractivity contribution in [1.29, 1.82) is 0 Å². The van der Waals surface area contributed by atoms with Crippen LogP contribution in [0.2, 0.25) is 0 Å². The normalized spacial score (nSPS) is 15.1. The SMILES string of the molecule is NC[C@@H]1Cc2ccccc2CN1C(=O)c1ccccc1-n1nc(C(N)=O)c2ccc(C(=O)O)cc21. The topological polar surface area (TPSA) is 145 Å². The van der Waals surface area contributed by atoms with Gasteiger partial charge in [0, 0.05) is 24.5 Å². The third-order valence-corrected chi connectivity index (χ3v) is 6.41. The molecule has 9 nitrogen and oxygen atoms in total. The van der Waals surface area contributed by atoms with Gasteiger partial charge in [0.05, 0.1) is 22.3 Å². The van der Waals surface area contributed by atoms with Crippen LogP contribution in [-0.4, -0.2) is 50.2 Å². The fourth-order valence-electron chi connectivity index (χ4n) is 4.64. The number of nitrogens with zero attached hydrogens (tertiary/aromatic N) is 3. The summed E-state index contributed by atoms with van der Waals surface area (Å²) >= 11 is 0. The standard InChI is InChI=1S/C26H23N5O4/c27-13-18-11-15-5-1-2-6-17(15)14-30(18)25(33)20-7-3-4-8-21(20)31-22-12-16(26(34)35)9-10-19(22)23(29-31)24(28)32/h1-10,12,18H,11,13-14,27H2,(H2,28,32)(H,34,35)/t18-/m0/s1. The van der Waals surface area contributed by atoms with Crippen LogP contribution in [0.15, 0.2) is 66.7 Å². The van der Waals surface area contributed by atoms with Gasteiger partial charge >= 0.3 is 5.97 Å². The minimum absolute atomic E-state index is 0.00840. The van der Waals surface area contributed by atoms with E-state index >= 15 is 0 Å². The maximum atomic E-state index is 13.9. The number of aromatic carboxylic acids is 1. The molecule has 0 spiro atoms. The molecule has 4 aromatic rings. The molecule has 0 saturated carbocycles. The quantitative estimate of drug-likeness (QED) is 0.409. The molecule has 176 valence electrons. The molecule has 35 heavy (non-hydrogen) atoms. The zero-order chi connectivity index (χ0) is 24.7. The number of hydrogen-bond donors (Lipinski definition) is 3. The lowest BCUT2D eigenvalue weighted by atomic mass is 9.93. The van der Waals surface area contributed by atoms with Gasteiger partial charge in [0.25, 0.3) is 11.8 Å². The van der Waals surface area contributed by atoms with Crippen LogP contribution in [-0.2, 0) is 13.0 Å². The molecule has 2 heterocycles. The monoisotopic (exact) mass is 469 g/mol. The van der Waals surface area contributed by atoms with Gasteiger partial charge in [0.15, 0.2) is 5.69 Å². The average Bonchev–Trinajstić information content (AvgIpc) is 3.26. The van der Waals surface area contributed by atoms with Crippen molar-refractivity contribution in [3.8, 4) is 5.69 Å². The Hall–Kier alpha value is -4.50. The fourth-order valence-corrected chi connectivity index (χ4v) is 4.64. The second-order valence-corrected chi connectivity index (χ2v) is 8.47. The van der Waals surface area contributed by atoms with E-state index in [1.165, 1.54) is 28.4 Å². The van der Waals surface area contributed by atoms with E-state index in [9.17, 15) is 19.5 Å². The average molecular weight is 470 g/mol. The second-order valence-electron chi connectivity index (χ2n) is 8.47. The lowest BCUT2D eigenvalue weighted by Crippen LogP contribution is -2.48. The number of aromatic nitrogens is 2. The first-order valence-electron chi connectivity index (χ1n) is 11.1. The molecule has 0 bridgehead atoms. The van der Waals surface area contributed by atoms with Crippen molar-refractivity contribution in [1.82, 2.24) is 14.7 Å². The smallest absolute Gasteiger partial charge is 0.335 e. The Labute approximate surface area is 200 Å². The van der Waals surface area contributed by atoms with Crippen molar-refractivity contribution >= 4 is 28.7 Å². The number of fused-ring (bicyclic) bond motifs is 2. The largest absolute Gasteiger partial charge is 0.478 e. The molecule has 9 heteroatoms.